The summed E-state index contributed by atoms with van der Waals surface area (Å²) in [7, 11) is 0. The molecule has 0 aromatic heterocycles. The van der Waals surface area contributed by atoms with Gasteiger partial charge >= 0.3 is 0 Å². The molecule has 2 rings (SSSR count). The van der Waals surface area contributed by atoms with E-state index >= 15 is 0 Å². The Morgan fingerprint density at radius 3 is 2.95 bits per heavy atom. The molecule has 1 heterocycles. The Kier molecular flexibility index (Phi) is 4.37. The van der Waals surface area contributed by atoms with E-state index in [9.17, 15) is 10.1 Å². The molecule has 1 aromatic rings. The lowest BCUT2D eigenvalue weighted by Crippen LogP contribution is -2.38. The van der Waals surface area contributed by atoms with Crippen LogP contribution in [0.25, 0.3) is 0 Å². The van der Waals surface area contributed by atoms with Crippen molar-refractivity contribution in [2.24, 2.45) is 5.92 Å². The number of nitro groups is 1. The maximum atomic E-state index is 11.1. The quantitative estimate of drug-likeness (QED) is 0.647. The molecule has 1 aliphatic heterocycles. The highest BCUT2D eigenvalue weighted by atomic mass is 16.6. The van der Waals surface area contributed by atoms with Crippen molar-refractivity contribution >= 4 is 11.4 Å². The average Bonchev–Trinajstić information content (AvgIpc) is 2.41. The molecule has 0 spiro atoms. The lowest BCUT2D eigenvalue weighted by molar-refractivity contribution is -0.384. The fourth-order valence-corrected chi connectivity index (χ4v) is 2.58. The van der Waals surface area contributed by atoms with Crippen LogP contribution in [0.5, 0.6) is 0 Å². The van der Waals surface area contributed by atoms with Crippen molar-refractivity contribution < 1.29 is 4.92 Å². The molecule has 0 amide bonds. The third kappa shape index (κ3) is 3.44. The van der Waals surface area contributed by atoms with Crippen molar-refractivity contribution in [3.05, 3.63) is 33.9 Å². The summed E-state index contributed by atoms with van der Waals surface area (Å²) >= 11 is 0. The fraction of sp³-hybridized carbons (Fsp3) is 0.571. The van der Waals surface area contributed by atoms with Gasteiger partial charge in [-0.2, -0.15) is 0 Å². The van der Waals surface area contributed by atoms with Crippen LogP contribution in [0.3, 0.4) is 0 Å². The molecule has 2 atom stereocenters. The zero-order chi connectivity index (χ0) is 13.8. The van der Waals surface area contributed by atoms with E-state index in [0.29, 0.717) is 11.6 Å². The molecule has 1 fully saturated rings. The predicted octanol–water partition coefficient (Wildman–Crippen LogP) is 2.70. The van der Waals surface area contributed by atoms with E-state index in [4.69, 9.17) is 0 Å². The summed E-state index contributed by atoms with van der Waals surface area (Å²) in [6.45, 7) is 6.02. The number of nitro benzene ring substituents is 1. The largest absolute Gasteiger partial charge is 0.377 e. The van der Waals surface area contributed by atoms with Crippen LogP contribution in [0.2, 0.25) is 0 Å². The van der Waals surface area contributed by atoms with Gasteiger partial charge in [0, 0.05) is 12.1 Å². The SMILES string of the molecule is Cc1ccc(NC(C)C2CCCNC2)c([N+](=O)[O-])c1. The van der Waals surface area contributed by atoms with Crippen LogP contribution in [0.4, 0.5) is 11.4 Å². The van der Waals surface area contributed by atoms with Crippen molar-refractivity contribution in [2.45, 2.75) is 32.7 Å². The van der Waals surface area contributed by atoms with Gasteiger partial charge < -0.3 is 10.6 Å². The molecule has 5 heteroatoms. The molecule has 19 heavy (non-hydrogen) atoms. The topological polar surface area (TPSA) is 67.2 Å². The molecule has 0 aliphatic carbocycles. The Balaban J connectivity index is 2.11. The van der Waals surface area contributed by atoms with Gasteiger partial charge in [-0.1, -0.05) is 6.07 Å². The molecular weight excluding hydrogens is 242 g/mol. The second kappa shape index (κ2) is 6.02. The van der Waals surface area contributed by atoms with Gasteiger partial charge in [0.15, 0.2) is 0 Å². The summed E-state index contributed by atoms with van der Waals surface area (Å²) in [6, 6.07) is 5.56. The summed E-state index contributed by atoms with van der Waals surface area (Å²) in [5.74, 6) is 0.523. The highest BCUT2D eigenvalue weighted by Crippen LogP contribution is 2.27. The van der Waals surface area contributed by atoms with E-state index in [1.807, 2.05) is 13.0 Å². The van der Waals surface area contributed by atoms with Gasteiger partial charge in [-0.15, -0.1) is 0 Å². The van der Waals surface area contributed by atoms with Gasteiger partial charge in [-0.05, 0) is 57.3 Å². The standard InChI is InChI=1S/C14H21N3O2/c1-10-5-6-13(14(8-10)17(18)19)16-11(2)12-4-3-7-15-9-12/h5-6,8,11-12,15-16H,3-4,7,9H2,1-2H3. The lowest BCUT2D eigenvalue weighted by atomic mass is 9.92. The molecular formula is C14H21N3O2. The van der Waals surface area contributed by atoms with E-state index in [2.05, 4.69) is 17.6 Å². The summed E-state index contributed by atoms with van der Waals surface area (Å²) in [5, 5.41) is 17.8. The normalized spacial score (nSPS) is 20.8. The first kappa shape index (κ1) is 13.8. The van der Waals surface area contributed by atoms with Crippen LogP contribution in [0.1, 0.15) is 25.3 Å². The van der Waals surface area contributed by atoms with Crippen LogP contribution in [0, 0.1) is 23.0 Å². The summed E-state index contributed by atoms with van der Waals surface area (Å²) in [4.78, 5) is 10.8. The molecule has 0 radical (unpaired) electrons. The highest BCUT2D eigenvalue weighted by molar-refractivity contribution is 5.62. The van der Waals surface area contributed by atoms with E-state index in [1.165, 1.54) is 12.8 Å². The zero-order valence-electron chi connectivity index (χ0n) is 11.5. The second-order valence-corrected chi connectivity index (χ2v) is 5.32. The fourth-order valence-electron chi connectivity index (χ4n) is 2.58. The number of anilines is 1. The van der Waals surface area contributed by atoms with Gasteiger partial charge in [0.2, 0.25) is 0 Å². The summed E-state index contributed by atoms with van der Waals surface area (Å²) in [5.41, 5.74) is 1.69. The number of benzene rings is 1. The minimum Gasteiger partial charge on any atom is -0.377 e. The van der Waals surface area contributed by atoms with Crippen LogP contribution in [0.15, 0.2) is 18.2 Å². The number of piperidine rings is 1. The number of hydrogen-bond donors (Lipinski definition) is 2. The number of nitrogens with one attached hydrogen (secondary N) is 2. The van der Waals surface area contributed by atoms with Crippen molar-refractivity contribution in [2.75, 3.05) is 18.4 Å². The first-order valence-corrected chi connectivity index (χ1v) is 6.80. The Hall–Kier alpha value is -1.62. The number of nitrogens with zero attached hydrogens (tertiary/aromatic N) is 1. The Morgan fingerprint density at radius 1 is 1.53 bits per heavy atom. The highest BCUT2D eigenvalue weighted by Gasteiger charge is 2.22. The first-order chi connectivity index (χ1) is 9.08. The van der Waals surface area contributed by atoms with Crippen LogP contribution < -0.4 is 10.6 Å². The predicted molar refractivity (Wildman–Crippen MR) is 76.5 cm³/mol. The Labute approximate surface area is 113 Å². The number of rotatable bonds is 4. The van der Waals surface area contributed by atoms with Gasteiger partial charge in [0.25, 0.3) is 5.69 Å². The van der Waals surface area contributed by atoms with E-state index in [-0.39, 0.29) is 16.7 Å². The molecule has 104 valence electrons. The first-order valence-electron chi connectivity index (χ1n) is 6.80. The summed E-state index contributed by atoms with van der Waals surface area (Å²) < 4.78 is 0. The van der Waals surface area contributed by atoms with Crippen molar-refractivity contribution in [3.8, 4) is 0 Å². The van der Waals surface area contributed by atoms with Crippen LogP contribution >= 0.6 is 0 Å². The van der Waals surface area contributed by atoms with Crippen molar-refractivity contribution in [1.82, 2.24) is 5.32 Å². The summed E-state index contributed by atoms with van der Waals surface area (Å²) in [6.07, 6.45) is 2.34. The maximum absolute atomic E-state index is 11.1. The third-order valence-electron chi connectivity index (χ3n) is 3.78. The minimum atomic E-state index is -0.318. The van der Waals surface area contributed by atoms with E-state index < -0.39 is 0 Å². The molecule has 5 nitrogen and oxygen atoms in total. The minimum absolute atomic E-state index is 0.163. The molecule has 1 aromatic carbocycles. The molecule has 1 saturated heterocycles. The molecule has 0 bridgehead atoms. The van der Waals surface area contributed by atoms with E-state index in [0.717, 1.165) is 18.7 Å². The Morgan fingerprint density at radius 2 is 2.32 bits per heavy atom. The maximum Gasteiger partial charge on any atom is 0.292 e. The third-order valence-corrected chi connectivity index (χ3v) is 3.78. The second-order valence-electron chi connectivity index (χ2n) is 5.32. The van der Waals surface area contributed by atoms with E-state index in [1.54, 1.807) is 12.1 Å². The van der Waals surface area contributed by atoms with Gasteiger partial charge in [-0.25, -0.2) is 0 Å². The van der Waals surface area contributed by atoms with Gasteiger partial charge in [0.05, 0.1) is 4.92 Å². The monoisotopic (exact) mass is 263 g/mol. The van der Waals surface area contributed by atoms with Crippen LogP contribution in [-0.4, -0.2) is 24.1 Å². The Bertz CT molecular complexity index is 456. The molecule has 2 unspecified atom stereocenters. The van der Waals surface area contributed by atoms with Crippen LogP contribution in [-0.2, 0) is 0 Å². The molecule has 2 N–H and O–H groups in total. The molecule has 0 saturated carbocycles. The zero-order valence-corrected chi connectivity index (χ0v) is 11.5. The van der Waals surface area contributed by atoms with Gasteiger partial charge in [0.1, 0.15) is 5.69 Å². The average molecular weight is 263 g/mol. The number of hydrogen-bond acceptors (Lipinski definition) is 4. The van der Waals surface area contributed by atoms with Gasteiger partial charge in [-0.3, -0.25) is 10.1 Å². The number of aryl methyl sites for hydroxylation is 1. The van der Waals surface area contributed by atoms with Crippen molar-refractivity contribution in [1.29, 1.82) is 0 Å². The van der Waals surface area contributed by atoms with Crippen molar-refractivity contribution in [3.63, 3.8) is 0 Å². The molecule has 1 aliphatic rings. The smallest absolute Gasteiger partial charge is 0.292 e. The lowest BCUT2D eigenvalue weighted by Gasteiger charge is -2.29.